The molecule has 1 unspecified atom stereocenters. The lowest BCUT2D eigenvalue weighted by molar-refractivity contribution is -0.140. The fourth-order valence-electron chi connectivity index (χ4n) is 2.60. The fraction of sp³-hybridized carbons (Fsp3) is 0.615. The van der Waals surface area contributed by atoms with Crippen LogP contribution >= 0.6 is 11.3 Å². The summed E-state index contributed by atoms with van der Waals surface area (Å²) in [4.78, 5) is 12.3. The van der Waals surface area contributed by atoms with Crippen LogP contribution in [0.4, 0.5) is 0 Å². The van der Waals surface area contributed by atoms with E-state index in [9.17, 15) is 18.3 Å². The Morgan fingerprint density at radius 2 is 2.00 bits per heavy atom. The molecule has 1 aromatic heterocycles. The van der Waals surface area contributed by atoms with Gasteiger partial charge in [0.25, 0.3) is 10.0 Å². The van der Waals surface area contributed by atoms with E-state index < -0.39 is 22.0 Å². The van der Waals surface area contributed by atoms with E-state index in [4.69, 9.17) is 0 Å². The Labute approximate surface area is 123 Å². The molecule has 0 saturated heterocycles. The van der Waals surface area contributed by atoms with Crippen molar-refractivity contribution in [2.75, 3.05) is 0 Å². The third kappa shape index (κ3) is 3.59. The van der Waals surface area contributed by atoms with Crippen LogP contribution in [0.3, 0.4) is 0 Å². The summed E-state index contributed by atoms with van der Waals surface area (Å²) < 4.78 is 27.0. The molecule has 1 atom stereocenters. The topological polar surface area (TPSA) is 83.5 Å². The van der Waals surface area contributed by atoms with E-state index in [1.165, 1.54) is 6.07 Å². The second-order valence-electron chi connectivity index (χ2n) is 5.20. The molecule has 0 aliphatic heterocycles. The number of aliphatic carboxylic acids is 1. The molecule has 1 aromatic rings. The number of aryl methyl sites for hydroxylation is 1. The summed E-state index contributed by atoms with van der Waals surface area (Å²) in [6.07, 6.45) is 4.56. The van der Waals surface area contributed by atoms with Crippen LogP contribution in [0, 0.1) is 12.8 Å². The number of rotatable bonds is 5. The minimum Gasteiger partial charge on any atom is -0.480 e. The first kappa shape index (κ1) is 15.5. The van der Waals surface area contributed by atoms with Gasteiger partial charge in [-0.25, -0.2) is 8.42 Å². The number of nitrogens with one attached hydrogen (secondary N) is 1. The first-order valence-electron chi connectivity index (χ1n) is 6.72. The van der Waals surface area contributed by atoms with E-state index in [0.717, 1.165) is 48.3 Å². The predicted molar refractivity (Wildman–Crippen MR) is 77.4 cm³/mol. The van der Waals surface area contributed by atoms with Gasteiger partial charge in [-0.05, 0) is 37.8 Å². The highest BCUT2D eigenvalue weighted by atomic mass is 32.2. The maximum atomic E-state index is 12.2. The van der Waals surface area contributed by atoms with Gasteiger partial charge in [0.1, 0.15) is 10.3 Å². The first-order chi connectivity index (χ1) is 9.40. The van der Waals surface area contributed by atoms with Crippen LogP contribution in [0.2, 0.25) is 0 Å². The second-order valence-corrected chi connectivity index (χ2v) is 8.43. The summed E-state index contributed by atoms with van der Waals surface area (Å²) in [6.45, 7) is 1.82. The van der Waals surface area contributed by atoms with Crippen molar-refractivity contribution in [1.82, 2.24) is 4.72 Å². The van der Waals surface area contributed by atoms with Crippen LogP contribution in [-0.4, -0.2) is 25.5 Å². The van der Waals surface area contributed by atoms with Crippen LogP contribution in [-0.2, 0) is 14.8 Å². The normalized spacial score (nSPS) is 18.9. The van der Waals surface area contributed by atoms with Gasteiger partial charge in [-0.1, -0.05) is 19.3 Å². The van der Waals surface area contributed by atoms with E-state index >= 15 is 0 Å². The van der Waals surface area contributed by atoms with E-state index in [2.05, 4.69) is 4.72 Å². The van der Waals surface area contributed by atoms with Crippen molar-refractivity contribution in [2.24, 2.45) is 5.92 Å². The zero-order valence-corrected chi connectivity index (χ0v) is 13.0. The summed E-state index contributed by atoms with van der Waals surface area (Å²) in [5.41, 5.74) is 0. The first-order valence-corrected chi connectivity index (χ1v) is 9.02. The molecule has 0 amide bonds. The number of thiophene rings is 1. The monoisotopic (exact) mass is 317 g/mol. The van der Waals surface area contributed by atoms with E-state index in [1.54, 1.807) is 6.07 Å². The third-order valence-electron chi connectivity index (χ3n) is 3.65. The Morgan fingerprint density at radius 1 is 1.35 bits per heavy atom. The van der Waals surface area contributed by atoms with Crippen molar-refractivity contribution in [1.29, 1.82) is 0 Å². The van der Waals surface area contributed by atoms with E-state index in [0.29, 0.717) is 0 Å². The highest BCUT2D eigenvalue weighted by Gasteiger charge is 2.33. The van der Waals surface area contributed by atoms with Gasteiger partial charge in [-0.15, -0.1) is 11.3 Å². The van der Waals surface area contributed by atoms with Crippen LogP contribution in [0.25, 0.3) is 0 Å². The average Bonchev–Trinajstić information content (AvgIpc) is 2.84. The summed E-state index contributed by atoms with van der Waals surface area (Å²) >= 11 is 1.15. The Hall–Kier alpha value is -0.920. The van der Waals surface area contributed by atoms with Crippen molar-refractivity contribution in [3.05, 3.63) is 17.0 Å². The predicted octanol–water partition coefficient (Wildman–Crippen LogP) is 2.37. The second kappa shape index (κ2) is 6.24. The number of carboxylic acid groups (broad SMARTS) is 1. The van der Waals surface area contributed by atoms with Gasteiger partial charge in [0.15, 0.2) is 0 Å². The zero-order chi connectivity index (χ0) is 14.8. The van der Waals surface area contributed by atoms with E-state index in [-0.39, 0.29) is 10.1 Å². The smallest absolute Gasteiger partial charge is 0.322 e. The SMILES string of the molecule is Cc1ccc(S(=O)(=O)NC(C(=O)O)C2CCCCC2)s1. The third-order valence-corrected chi connectivity index (χ3v) is 6.58. The molecular formula is C13H19NO4S2. The lowest BCUT2D eigenvalue weighted by Crippen LogP contribution is -2.46. The van der Waals surface area contributed by atoms with Crippen molar-refractivity contribution in [2.45, 2.75) is 49.3 Å². The largest absolute Gasteiger partial charge is 0.480 e. The molecule has 20 heavy (non-hydrogen) atoms. The number of carbonyl (C=O) groups is 1. The van der Waals surface area contributed by atoms with Crippen molar-refractivity contribution in [3.8, 4) is 0 Å². The van der Waals surface area contributed by atoms with Gasteiger partial charge in [-0.3, -0.25) is 4.79 Å². The number of hydrogen-bond donors (Lipinski definition) is 2. The molecule has 1 fully saturated rings. The molecule has 2 N–H and O–H groups in total. The van der Waals surface area contributed by atoms with Crippen molar-refractivity contribution < 1.29 is 18.3 Å². The molecule has 0 spiro atoms. The van der Waals surface area contributed by atoms with Crippen molar-refractivity contribution >= 4 is 27.3 Å². The zero-order valence-electron chi connectivity index (χ0n) is 11.3. The van der Waals surface area contributed by atoms with Crippen LogP contribution in [0.15, 0.2) is 16.3 Å². The maximum absolute atomic E-state index is 12.2. The van der Waals surface area contributed by atoms with Gasteiger partial charge >= 0.3 is 5.97 Å². The molecule has 2 rings (SSSR count). The van der Waals surface area contributed by atoms with Gasteiger partial charge in [0, 0.05) is 4.88 Å². The number of carboxylic acids is 1. The number of sulfonamides is 1. The molecule has 0 bridgehead atoms. The van der Waals surface area contributed by atoms with Gasteiger partial charge in [0.2, 0.25) is 0 Å². The quantitative estimate of drug-likeness (QED) is 0.873. The Bertz CT molecular complexity index is 573. The fourth-order valence-corrected chi connectivity index (χ4v) is 5.16. The van der Waals surface area contributed by atoms with Crippen molar-refractivity contribution in [3.63, 3.8) is 0 Å². The van der Waals surface area contributed by atoms with Gasteiger partial charge in [-0.2, -0.15) is 4.72 Å². The summed E-state index contributed by atoms with van der Waals surface area (Å²) in [6, 6.07) is 2.21. The minimum absolute atomic E-state index is 0.114. The number of hydrogen-bond acceptors (Lipinski definition) is 4. The molecule has 5 nitrogen and oxygen atoms in total. The molecule has 7 heteroatoms. The molecule has 112 valence electrons. The Balaban J connectivity index is 2.17. The highest BCUT2D eigenvalue weighted by molar-refractivity contribution is 7.91. The average molecular weight is 317 g/mol. The molecule has 0 aromatic carbocycles. The summed E-state index contributed by atoms with van der Waals surface area (Å²) in [7, 11) is -3.75. The lowest BCUT2D eigenvalue weighted by Gasteiger charge is -2.27. The van der Waals surface area contributed by atoms with Crippen LogP contribution in [0.1, 0.15) is 37.0 Å². The molecule has 1 aliphatic carbocycles. The van der Waals surface area contributed by atoms with Gasteiger partial charge in [0.05, 0.1) is 0 Å². The van der Waals surface area contributed by atoms with E-state index in [1.807, 2.05) is 6.92 Å². The molecule has 1 aliphatic rings. The lowest BCUT2D eigenvalue weighted by atomic mass is 9.84. The maximum Gasteiger partial charge on any atom is 0.322 e. The summed E-state index contributed by atoms with van der Waals surface area (Å²) in [5, 5.41) is 9.32. The van der Waals surface area contributed by atoms with Gasteiger partial charge < -0.3 is 5.11 Å². The Kier molecular flexibility index (Phi) is 4.82. The Morgan fingerprint density at radius 3 is 2.50 bits per heavy atom. The van der Waals surface area contributed by atoms with Crippen LogP contribution < -0.4 is 4.72 Å². The van der Waals surface area contributed by atoms with Crippen LogP contribution in [0.5, 0.6) is 0 Å². The highest BCUT2D eigenvalue weighted by Crippen LogP contribution is 2.28. The molecule has 1 heterocycles. The molecule has 1 saturated carbocycles. The molecule has 0 radical (unpaired) electrons. The minimum atomic E-state index is -3.75. The summed E-state index contributed by atoms with van der Waals surface area (Å²) in [5.74, 6) is -1.20. The molecular weight excluding hydrogens is 298 g/mol. The standard InChI is InChI=1S/C13H19NO4S2/c1-9-7-8-11(19-9)20(17,18)14-12(13(15)16)10-5-3-2-4-6-10/h7-8,10,12,14H,2-6H2,1H3,(H,15,16).